The molecule has 26 heavy (non-hydrogen) atoms. The molecular formula is C19H11N3O3S. The van der Waals surface area contributed by atoms with Gasteiger partial charge >= 0.3 is 0 Å². The second kappa shape index (κ2) is 5.34. The zero-order valence-electron chi connectivity index (χ0n) is 13.4. The Balaban J connectivity index is 1.63. The molecule has 5 rings (SSSR count). The first-order valence-corrected chi connectivity index (χ1v) is 8.85. The normalized spacial score (nSPS) is 13.8. The largest absolute Gasteiger partial charge is 0.269 e. The molecular weight excluding hydrogens is 350 g/mol. The first-order valence-electron chi connectivity index (χ1n) is 7.97. The second-order valence-corrected chi connectivity index (χ2v) is 6.92. The van der Waals surface area contributed by atoms with Gasteiger partial charge in [0.1, 0.15) is 0 Å². The quantitative estimate of drug-likeness (QED) is 0.515. The third kappa shape index (κ3) is 2.04. The molecule has 0 fully saturated rings. The van der Waals surface area contributed by atoms with Gasteiger partial charge in [0, 0.05) is 34.2 Å². The summed E-state index contributed by atoms with van der Waals surface area (Å²) in [6, 6.07) is 12.2. The van der Waals surface area contributed by atoms with Crippen LogP contribution in [0.5, 0.6) is 0 Å². The molecule has 3 heterocycles. The maximum atomic E-state index is 12.9. The molecule has 1 aliphatic rings. The molecule has 2 aromatic heterocycles. The van der Waals surface area contributed by atoms with E-state index in [9.17, 15) is 14.4 Å². The van der Waals surface area contributed by atoms with Gasteiger partial charge in [-0.3, -0.25) is 23.7 Å². The molecule has 0 spiro atoms. The van der Waals surface area contributed by atoms with Crippen molar-refractivity contribution in [2.75, 3.05) is 0 Å². The van der Waals surface area contributed by atoms with Crippen LogP contribution < -0.4 is 5.56 Å². The molecule has 0 N–H and O–H groups in total. The summed E-state index contributed by atoms with van der Waals surface area (Å²) in [6.07, 6.45) is 1.65. The van der Waals surface area contributed by atoms with Crippen molar-refractivity contribution in [2.45, 2.75) is 6.54 Å². The lowest BCUT2D eigenvalue weighted by molar-refractivity contribution is 0.0596. The Kier molecular flexibility index (Phi) is 3.07. The van der Waals surface area contributed by atoms with Crippen LogP contribution in [0.15, 0.2) is 58.8 Å². The van der Waals surface area contributed by atoms with E-state index in [0.717, 1.165) is 10.3 Å². The van der Waals surface area contributed by atoms with Gasteiger partial charge in [0.05, 0.1) is 12.2 Å². The minimum absolute atomic E-state index is 0.0357. The lowest BCUT2D eigenvalue weighted by Gasteiger charge is -2.26. The van der Waals surface area contributed by atoms with Crippen molar-refractivity contribution in [2.24, 2.45) is 0 Å². The Morgan fingerprint density at radius 3 is 2.35 bits per heavy atom. The van der Waals surface area contributed by atoms with Crippen LogP contribution in [0.1, 0.15) is 26.4 Å². The molecule has 126 valence electrons. The molecule has 4 aromatic rings. The lowest BCUT2D eigenvalue weighted by atomic mass is 9.94. The number of aromatic nitrogens is 2. The minimum atomic E-state index is -0.368. The summed E-state index contributed by atoms with van der Waals surface area (Å²) in [4.78, 5) is 44.1. The van der Waals surface area contributed by atoms with E-state index < -0.39 is 0 Å². The number of imide groups is 1. The molecule has 2 amide bonds. The Bertz CT molecular complexity index is 1240. The van der Waals surface area contributed by atoms with Gasteiger partial charge in [0.2, 0.25) is 0 Å². The summed E-state index contributed by atoms with van der Waals surface area (Å²) in [5.74, 6) is -0.736. The zero-order valence-corrected chi connectivity index (χ0v) is 14.2. The van der Waals surface area contributed by atoms with Crippen molar-refractivity contribution < 1.29 is 9.59 Å². The molecule has 0 aliphatic carbocycles. The number of carbonyl (C=O) groups excluding carboxylic acids is 2. The van der Waals surface area contributed by atoms with Gasteiger partial charge in [-0.1, -0.05) is 24.3 Å². The van der Waals surface area contributed by atoms with Crippen LogP contribution in [-0.2, 0) is 6.54 Å². The summed E-state index contributed by atoms with van der Waals surface area (Å²) in [7, 11) is 0. The van der Waals surface area contributed by atoms with Crippen molar-refractivity contribution in [1.82, 2.24) is 14.3 Å². The predicted octanol–water partition coefficient (Wildman–Crippen LogP) is 2.71. The van der Waals surface area contributed by atoms with E-state index in [-0.39, 0.29) is 23.9 Å². The Labute approximate surface area is 150 Å². The molecule has 6 nitrogen and oxygen atoms in total. The van der Waals surface area contributed by atoms with E-state index in [4.69, 9.17) is 0 Å². The van der Waals surface area contributed by atoms with Crippen molar-refractivity contribution in [3.8, 4) is 0 Å². The molecule has 0 saturated carbocycles. The number of amides is 2. The molecule has 1 aliphatic heterocycles. The number of hydrogen-bond acceptors (Lipinski definition) is 5. The minimum Gasteiger partial charge on any atom is -0.269 e. The van der Waals surface area contributed by atoms with Crippen molar-refractivity contribution in [3.05, 3.63) is 81.2 Å². The Hall–Kier alpha value is -3.32. The van der Waals surface area contributed by atoms with E-state index in [1.807, 2.05) is 12.1 Å². The standard InChI is InChI=1S/C19H11N3O3S/c23-15-9-12(20-19-21(15)7-8-26-19)10-22-17(24)13-5-1-3-11-4-2-6-14(16(11)13)18(22)25/h1-9H,10H2. The van der Waals surface area contributed by atoms with Crippen LogP contribution in [0.4, 0.5) is 0 Å². The summed E-state index contributed by atoms with van der Waals surface area (Å²) < 4.78 is 1.43. The van der Waals surface area contributed by atoms with Crippen LogP contribution in [0.3, 0.4) is 0 Å². The maximum absolute atomic E-state index is 12.9. The average molecular weight is 361 g/mol. The fraction of sp³-hybridized carbons (Fsp3) is 0.0526. The monoisotopic (exact) mass is 361 g/mol. The van der Waals surface area contributed by atoms with Gasteiger partial charge in [-0.2, -0.15) is 0 Å². The highest BCUT2D eigenvalue weighted by Crippen LogP contribution is 2.30. The van der Waals surface area contributed by atoms with E-state index in [1.54, 1.807) is 35.8 Å². The summed E-state index contributed by atoms with van der Waals surface area (Å²) in [6.45, 7) is -0.0357. The van der Waals surface area contributed by atoms with E-state index in [0.29, 0.717) is 27.2 Å². The van der Waals surface area contributed by atoms with Crippen LogP contribution in [0.25, 0.3) is 15.7 Å². The molecule has 0 saturated heterocycles. The third-order valence-corrected chi connectivity index (χ3v) is 5.29. The highest BCUT2D eigenvalue weighted by Gasteiger charge is 2.33. The first-order chi connectivity index (χ1) is 12.6. The van der Waals surface area contributed by atoms with Gasteiger partial charge in [0.25, 0.3) is 17.4 Å². The van der Waals surface area contributed by atoms with Gasteiger partial charge in [-0.05, 0) is 17.5 Å². The number of fused-ring (bicyclic) bond motifs is 1. The van der Waals surface area contributed by atoms with Crippen LogP contribution >= 0.6 is 11.3 Å². The molecule has 2 aromatic carbocycles. The zero-order chi connectivity index (χ0) is 17.8. The van der Waals surface area contributed by atoms with E-state index >= 15 is 0 Å². The molecule has 0 bridgehead atoms. The SMILES string of the molecule is O=C1c2cccc3cccc(c23)C(=O)N1Cc1cc(=O)n2ccsc2n1. The lowest BCUT2D eigenvalue weighted by Crippen LogP contribution is -2.40. The molecule has 0 atom stereocenters. The summed E-state index contributed by atoms with van der Waals surface area (Å²) in [5.41, 5.74) is 1.15. The maximum Gasteiger partial charge on any atom is 0.261 e. The van der Waals surface area contributed by atoms with Gasteiger partial charge in [-0.15, -0.1) is 11.3 Å². The topological polar surface area (TPSA) is 71.8 Å². The fourth-order valence-electron chi connectivity index (χ4n) is 3.35. The van der Waals surface area contributed by atoms with Crippen molar-refractivity contribution in [3.63, 3.8) is 0 Å². The fourth-order valence-corrected chi connectivity index (χ4v) is 4.09. The van der Waals surface area contributed by atoms with Gasteiger partial charge < -0.3 is 0 Å². The van der Waals surface area contributed by atoms with Gasteiger partial charge in [-0.25, -0.2) is 4.98 Å². The van der Waals surface area contributed by atoms with Crippen LogP contribution in [0.2, 0.25) is 0 Å². The number of carbonyl (C=O) groups is 2. The van der Waals surface area contributed by atoms with Crippen LogP contribution in [0, 0.1) is 0 Å². The number of benzene rings is 2. The first kappa shape index (κ1) is 15.0. The van der Waals surface area contributed by atoms with Crippen molar-refractivity contribution in [1.29, 1.82) is 0 Å². The van der Waals surface area contributed by atoms with Crippen molar-refractivity contribution >= 4 is 38.9 Å². The van der Waals surface area contributed by atoms with Crippen LogP contribution in [-0.4, -0.2) is 26.1 Å². The predicted molar refractivity (Wildman–Crippen MR) is 97.5 cm³/mol. The summed E-state index contributed by atoms with van der Waals surface area (Å²) >= 11 is 1.33. The van der Waals surface area contributed by atoms with Gasteiger partial charge in [0.15, 0.2) is 4.96 Å². The number of rotatable bonds is 2. The highest BCUT2D eigenvalue weighted by molar-refractivity contribution is 7.15. The van der Waals surface area contributed by atoms with E-state index in [2.05, 4.69) is 4.98 Å². The molecule has 0 radical (unpaired) electrons. The number of thiazole rings is 1. The average Bonchev–Trinajstić information content (AvgIpc) is 3.12. The molecule has 7 heteroatoms. The second-order valence-electron chi connectivity index (χ2n) is 6.05. The summed E-state index contributed by atoms with van der Waals surface area (Å²) in [5, 5.41) is 3.31. The van der Waals surface area contributed by atoms with E-state index in [1.165, 1.54) is 21.8 Å². The smallest absolute Gasteiger partial charge is 0.261 e. The molecule has 0 unspecified atom stereocenters. The number of hydrogen-bond donors (Lipinski definition) is 0. The Morgan fingerprint density at radius 2 is 1.65 bits per heavy atom. The third-order valence-electron chi connectivity index (χ3n) is 4.53. The highest BCUT2D eigenvalue weighted by atomic mass is 32.1. The Morgan fingerprint density at radius 1 is 0.962 bits per heavy atom. The number of nitrogens with zero attached hydrogens (tertiary/aromatic N) is 3.